The molecule has 118 valence electrons. The number of hydrogen-bond acceptors (Lipinski definition) is 9. The zero-order chi connectivity index (χ0) is 15.5. The summed E-state index contributed by atoms with van der Waals surface area (Å²) in [5, 5.41) is 51.9. The summed E-state index contributed by atoms with van der Waals surface area (Å²) < 4.78 is 0. The Morgan fingerprint density at radius 2 is 0.737 bits per heavy atom. The first kappa shape index (κ1) is 27.0. The van der Waals surface area contributed by atoms with Gasteiger partial charge >= 0.3 is 36.9 Å². The van der Waals surface area contributed by atoms with Gasteiger partial charge < -0.3 is 45.0 Å². The van der Waals surface area contributed by atoms with Crippen LogP contribution in [-0.4, -0.2) is 51.5 Å². The molecule has 0 rings (SSSR count). The molecule has 0 saturated heterocycles. The number of carbonyl (C=O) groups excluding carboxylic acids is 3. The summed E-state index contributed by atoms with van der Waals surface area (Å²) in [5.41, 5.74) is 0. The van der Waals surface area contributed by atoms with E-state index in [1.165, 1.54) is 0 Å². The Balaban J connectivity index is -0.0000000865. The molecule has 3 N–H and O–H groups in total. The molecule has 0 radical (unpaired) electrons. The van der Waals surface area contributed by atoms with Crippen molar-refractivity contribution in [1.29, 1.82) is 0 Å². The third-order valence-electron chi connectivity index (χ3n) is 1.02. The van der Waals surface area contributed by atoms with E-state index in [4.69, 9.17) is 15.3 Å². The summed E-state index contributed by atoms with van der Waals surface area (Å²) in [6.07, 6.45) is -4.03. The van der Waals surface area contributed by atoms with Crippen molar-refractivity contribution in [3.05, 3.63) is 0 Å². The Kier molecular flexibility index (Phi) is 22.1. The molecule has 0 amide bonds. The quantitative estimate of drug-likeness (QED) is 0.389. The van der Waals surface area contributed by atoms with Crippen LogP contribution >= 0.6 is 0 Å². The van der Waals surface area contributed by atoms with E-state index < -0.39 is 36.2 Å². The van der Waals surface area contributed by atoms with Crippen molar-refractivity contribution in [3.8, 4) is 0 Å². The zero-order valence-electron chi connectivity index (χ0n) is 10.3. The maximum absolute atomic E-state index is 9.34. The summed E-state index contributed by atoms with van der Waals surface area (Å²) in [5.74, 6) is -4.31. The number of hydrogen-bond donors (Lipinski definition) is 3. The van der Waals surface area contributed by atoms with Crippen LogP contribution in [0.15, 0.2) is 0 Å². The Hall–Kier alpha value is -0.476. The van der Waals surface area contributed by atoms with Gasteiger partial charge in [-0.1, -0.05) is 0 Å². The predicted octanol–water partition coefficient (Wildman–Crippen LogP) is -5.65. The molecule has 0 aromatic heterocycles. The van der Waals surface area contributed by atoms with Crippen molar-refractivity contribution in [2.75, 3.05) is 0 Å². The average Bonchev–Trinajstić information content (AvgIpc) is 2.18. The zero-order valence-corrected chi connectivity index (χ0v) is 12.1. The van der Waals surface area contributed by atoms with Crippen LogP contribution in [-0.2, 0) is 14.4 Å². The fourth-order valence-corrected chi connectivity index (χ4v) is 0. The minimum atomic E-state index is -1.44. The fraction of sp³-hybridized carbons (Fsp3) is 0.667. The number of carbonyl (C=O) groups is 3. The van der Waals surface area contributed by atoms with E-state index in [0.717, 1.165) is 20.8 Å². The van der Waals surface area contributed by atoms with Crippen LogP contribution in [0.1, 0.15) is 20.8 Å². The molecule has 0 aromatic rings. The van der Waals surface area contributed by atoms with E-state index >= 15 is 0 Å². The van der Waals surface area contributed by atoms with Crippen molar-refractivity contribution in [1.82, 2.24) is 0 Å². The van der Waals surface area contributed by atoms with E-state index in [1.54, 1.807) is 0 Å². The van der Waals surface area contributed by atoms with Gasteiger partial charge in [0.2, 0.25) is 0 Å². The first-order valence-electron chi connectivity index (χ1n) is 4.60. The molecule has 9 nitrogen and oxygen atoms in total. The molecular weight excluding hydrogens is 421 g/mol. The van der Waals surface area contributed by atoms with Crippen molar-refractivity contribution in [2.45, 2.75) is 39.1 Å². The molecular formula is C9H15O9Tm. The molecule has 0 aliphatic rings. The Labute approximate surface area is 138 Å². The first-order valence-corrected chi connectivity index (χ1v) is 4.60. The van der Waals surface area contributed by atoms with Gasteiger partial charge in [0, 0.05) is 0 Å². The van der Waals surface area contributed by atoms with E-state index in [1.807, 2.05) is 0 Å². The average molecular weight is 436 g/mol. The van der Waals surface area contributed by atoms with Gasteiger partial charge in [-0.25, -0.2) is 0 Å². The number of aliphatic hydroxyl groups is 3. The second kappa shape index (κ2) is 15.6. The molecule has 3 atom stereocenters. The number of aliphatic carboxylic acids is 3. The van der Waals surface area contributed by atoms with E-state index in [9.17, 15) is 29.7 Å². The number of aliphatic hydroxyl groups excluding tert-OH is 3. The standard InChI is InChI=1S/3C3H6O3.Tm/c3*1-2(4)3(5)6;/h3*2,4H,1H3,(H,5,6);/q;;;+3/p-3. The summed E-state index contributed by atoms with van der Waals surface area (Å²) in [6, 6.07) is 0. The maximum atomic E-state index is 9.34. The Morgan fingerprint density at radius 1 is 0.684 bits per heavy atom. The van der Waals surface area contributed by atoms with Crippen LogP contribution in [0.4, 0.5) is 0 Å². The number of carboxylic acids is 3. The van der Waals surface area contributed by atoms with Gasteiger partial charge in [-0.15, -0.1) is 0 Å². The van der Waals surface area contributed by atoms with Gasteiger partial charge in [-0.05, 0) is 20.8 Å². The van der Waals surface area contributed by atoms with Gasteiger partial charge in [-0.3, -0.25) is 0 Å². The Morgan fingerprint density at radius 3 is 0.737 bits per heavy atom. The summed E-state index contributed by atoms with van der Waals surface area (Å²) in [6.45, 7) is 3.40. The maximum Gasteiger partial charge on any atom is 3.00 e. The van der Waals surface area contributed by atoms with Crippen LogP contribution in [0.2, 0.25) is 0 Å². The minimum Gasteiger partial charge on any atom is -0.547 e. The minimum absolute atomic E-state index is 0. The van der Waals surface area contributed by atoms with Gasteiger partial charge in [0.15, 0.2) is 0 Å². The van der Waals surface area contributed by atoms with Crippen LogP contribution in [0.3, 0.4) is 0 Å². The van der Waals surface area contributed by atoms with E-state index in [2.05, 4.69) is 0 Å². The van der Waals surface area contributed by atoms with E-state index in [0.29, 0.717) is 0 Å². The molecule has 0 aliphatic heterocycles. The van der Waals surface area contributed by atoms with Crippen LogP contribution in [0.5, 0.6) is 0 Å². The second-order valence-electron chi connectivity index (χ2n) is 2.99. The molecule has 0 aliphatic carbocycles. The van der Waals surface area contributed by atoms with Gasteiger partial charge in [0.05, 0.1) is 36.2 Å². The number of carboxylic acid groups (broad SMARTS) is 3. The molecule has 0 aromatic carbocycles. The fourth-order valence-electron chi connectivity index (χ4n) is 0. The molecule has 3 unspecified atom stereocenters. The van der Waals surface area contributed by atoms with Gasteiger partial charge in [0.25, 0.3) is 0 Å². The molecule has 0 saturated carbocycles. The molecule has 0 spiro atoms. The summed E-state index contributed by atoms with van der Waals surface area (Å²) in [4.78, 5) is 28.0. The smallest absolute Gasteiger partial charge is 0.547 e. The summed E-state index contributed by atoms with van der Waals surface area (Å²) in [7, 11) is 0. The molecule has 19 heavy (non-hydrogen) atoms. The molecule has 10 heteroatoms. The first-order chi connectivity index (χ1) is 7.93. The van der Waals surface area contributed by atoms with Crippen molar-refractivity contribution >= 4 is 17.9 Å². The van der Waals surface area contributed by atoms with Gasteiger partial charge in [0.1, 0.15) is 0 Å². The third kappa shape index (κ3) is 31.8. The topological polar surface area (TPSA) is 181 Å². The van der Waals surface area contributed by atoms with Crippen molar-refractivity contribution in [3.63, 3.8) is 0 Å². The third-order valence-corrected chi connectivity index (χ3v) is 1.02. The molecule has 0 heterocycles. The molecule has 0 bridgehead atoms. The van der Waals surface area contributed by atoms with Crippen molar-refractivity contribution < 1.29 is 81.9 Å². The monoisotopic (exact) mass is 436 g/mol. The SMILES string of the molecule is CC(O)C(=O)[O-].CC(O)C(=O)[O-].CC(O)C(=O)[O-].[Tm+3]. The van der Waals surface area contributed by atoms with Crippen molar-refractivity contribution in [2.24, 2.45) is 0 Å². The molecule has 0 fully saturated rings. The van der Waals surface area contributed by atoms with Crippen LogP contribution < -0.4 is 15.3 Å². The van der Waals surface area contributed by atoms with E-state index in [-0.39, 0.29) is 36.9 Å². The van der Waals surface area contributed by atoms with Crippen LogP contribution in [0, 0.1) is 36.9 Å². The largest absolute Gasteiger partial charge is 3.00 e. The normalized spacial score (nSPS) is 12.9. The van der Waals surface area contributed by atoms with Crippen LogP contribution in [0.25, 0.3) is 0 Å². The second-order valence-corrected chi connectivity index (χ2v) is 2.99. The predicted molar refractivity (Wildman–Crippen MR) is 50.1 cm³/mol. The number of rotatable bonds is 3. The van der Waals surface area contributed by atoms with Gasteiger partial charge in [-0.2, -0.15) is 0 Å². The summed E-state index contributed by atoms with van der Waals surface area (Å²) >= 11 is 0. The Bertz CT molecular complexity index is 220.